The maximum Gasteiger partial charge on any atom is 0.391 e. The molecule has 0 N–H and O–H groups in total. The standard InChI is InChI=1S/CF3I.CF3N.CF2Se/c2-1(3,4)5;2-1(3)5-4;2-1(3)4. The molecule has 0 atom stereocenters. The molecule has 0 saturated carbocycles. The Morgan fingerprint density at radius 1 is 1.07 bits per heavy atom. The third kappa shape index (κ3) is 310. The average molecular weight is 408 g/mol. The van der Waals surface area contributed by atoms with Crippen molar-refractivity contribution in [3.8, 4) is 0 Å². The Bertz CT molecular complexity index is 164. The molecule has 0 aromatic heterocycles. The Balaban J connectivity index is -0.000000131. The van der Waals surface area contributed by atoms with Gasteiger partial charge in [-0.25, -0.2) is 0 Å². The van der Waals surface area contributed by atoms with E-state index in [2.05, 4.69) is 0 Å². The van der Waals surface area contributed by atoms with E-state index in [9.17, 15) is 35.2 Å². The SMILES string of the molecule is FC(F)(F)I.FC(F)=[Se].FN=C(F)F. The van der Waals surface area contributed by atoms with E-state index in [1.54, 1.807) is 0 Å². The number of nitrogens with zero attached hydrogens (tertiary/aromatic N) is 1. The molecule has 14 heavy (non-hydrogen) atoms. The van der Waals surface area contributed by atoms with Crippen LogP contribution in [0, 0.1) is 0 Å². The van der Waals surface area contributed by atoms with E-state index in [1.807, 2.05) is 0 Å². The van der Waals surface area contributed by atoms with Crippen molar-refractivity contribution < 1.29 is 35.2 Å². The first-order chi connectivity index (χ1) is 6.00. The molecule has 0 aliphatic heterocycles. The normalized spacial score (nSPS) is 8.64. The molecule has 0 rings (SSSR count). The van der Waals surface area contributed by atoms with Gasteiger partial charge in [0.05, 0.1) is 0 Å². The largest absolute Gasteiger partial charge is 0.391 e. The fourth-order valence-electron chi connectivity index (χ4n) is 0. The van der Waals surface area contributed by atoms with Gasteiger partial charge in [0.25, 0.3) is 0 Å². The Morgan fingerprint density at radius 2 is 1.14 bits per heavy atom. The van der Waals surface area contributed by atoms with Gasteiger partial charge in [-0.1, -0.05) is 4.48 Å². The van der Waals surface area contributed by atoms with Crippen LogP contribution in [0.15, 0.2) is 5.21 Å². The maximum atomic E-state index is 10.3. The summed E-state index contributed by atoms with van der Waals surface area (Å²) in [6, 6.07) is 0. The predicted molar refractivity (Wildman–Crippen MR) is 43.8 cm³/mol. The molecule has 0 fully saturated rings. The van der Waals surface area contributed by atoms with Crippen molar-refractivity contribution in [2.24, 2.45) is 5.21 Å². The number of hydrogen-bond acceptors (Lipinski definition) is 1. The first-order valence-electron chi connectivity index (χ1n) is 2.11. The molecule has 0 amide bonds. The summed E-state index contributed by atoms with van der Waals surface area (Å²) < 4.78 is 77.6. The topological polar surface area (TPSA) is 12.4 Å². The van der Waals surface area contributed by atoms with Crippen molar-refractivity contribution in [2.45, 2.75) is 4.18 Å². The van der Waals surface area contributed by atoms with Gasteiger partial charge in [0.2, 0.25) is 0 Å². The molecular formula is C3F8INSe. The summed E-state index contributed by atoms with van der Waals surface area (Å²) in [5.74, 6) is 0. The van der Waals surface area contributed by atoms with Gasteiger partial charge < -0.3 is 0 Å². The average Bonchev–Trinajstić information content (AvgIpc) is 1.82. The summed E-state index contributed by atoms with van der Waals surface area (Å²) in [5, 5.41) is 0.972. The van der Waals surface area contributed by atoms with Crippen molar-refractivity contribution in [3.05, 3.63) is 0 Å². The van der Waals surface area contributed by atoms with E-state index in [-0.39, 0.29) is 0 Å². The molecule has 0 aliphatic carbocycles. The summed E-state index contributed by atoms with van der Waals surface area (Å²) in [5.41, 5.74) is 0. The predicted octanol–water partition coefficient (Wildman–Crippen LogP) is 3.29. The van der Waals surface area contributed by atoms with E-state index in [4.69, 9.17) is 0 Å². The molecular weight excluding hydrogens is 408 g/mol. The van der Waals surface area contributed by atoms with Crippen molar-refractivity contribution in [2.75, 3.05) is 0 Å². The minimum Gasteiger partial charge on any atom is -0.148 e. The van der Waals surface area contributed by atoms with Crippen LogP contribution in [0.4, 0.5) is 35.2 Å². The fraction of sp³-hybridized carbons (Fsp3) is 0.333. The Hall–Kier alpha value is 0.229. The minimum atomic E-state index is -4.03. The minimum absolute atomic E-state index is 0.378. The summed E-state index contributed by atoms with van der Waals surface area (Å²) in [6.45, 7) is 0. The monoisotopic (exact) mass is 409 g/mol. The molecule has 0 aromatic rings. The molecule has 0 radical (unpaired) electrons. The number of halogens is 9. The van der Waals surface area contributed by atoms with Crippen LogP contribution in [0.25, 0.3) is 0 Å². The zero-order valence-corrected chi connectivity index (χ0v) is 9.63. The van der Waals surface area contributed by atoms with Gasteiger partial charge in [0.15, 0.2) is 0 Å². The van der Waals surface area contributed by atoms with Crippen LogP contribution in [-0.2, 0) is 0 Å². The molecule has 0 spiro atoms. The summed E-state index contributed by atoms with van der Waals surface area (Å²) in [6.07, 6.45) is -2.54. The van der Waals surface area contributed by atoms with Crippen LogP contribution in [0.3, 0.4) is 0 Å². The van der Waals surface area contributed by atoms with Crippen LogP contribution in [0.1, 0.15) is 0 Å². The second kappa shape index (κ2) is 11.3. The van der Waals surface area contributed by atoms with Crippen LogP contribution in [0.5, 0.6) is 0 Å². The Morgan fingerprint density at radius 3 is 1.14 bits per heavy atom. The molecule has 11 heteroatoms. The molecule has 0 bridgehead atoms. The molecule has 0 heterocycles. The van der Waals surface area contributed by atoms with Crippen molar-refractivity contribution >= 4 is 49.3 Å². The fourth-order valence-corrected chi connectivity index (χ4v) is 0. The van der Waals surface area contributed by atoms with Crippen molar-refractivity contribution in [1.29, 1.82) is 0 Å². The molecule has 0 aromatic carbocycles. The van der Waals surface area contributed by atoms with Crippen LogP contribution in [0.2, 0.25) is 0 Å². The molecule has 0 saturated heterocycles. The van der Waals surface area contributed by atoms with Crippen LogP contribution >= 0.6 is 22.6 Å². The van der Waals surface area contributed by atoms with E-state index >= 15 is 0 Å². The van der Waals surface area contributed by atoms with Gasteiger partial charge in [0, 0.05) is 22.6 Å². The zero-order chi connectivity index (χ0) is 12.4. The van der Waals surface area contributed by atoms with Gasteiger partial charge >= 0.3 is 39.7 Å². The van der Waals surface area contributed by atoms with Crippen LogP contribution in [-0.4, -0.2) is 30.9 Å². The second-order valence-electron chi connectivity index (χ2n) is 0.979. The summed E-state index contributed by atoms with van der Waals surface area (Å²) in [4.78, 5) is -1.71. The molecule has 1 nitrogen and oxygen atoms in total. The summed E-state index contributed by atoms with van der Waals surface area (Å²) in [7, 11) is 0. The van der Waals surface area contributed by atoms with Gasteiger partial charge in [0.1, 0.15) is 0 Å². The zero-order valence-electron chi connectivity index (χ0n) is 5.76. The van der Waals surface area contributed by atoms with E-state index in [1.165, 1.54) is 15.6 Å². The van der Waals surface area contributed by atoms with Gasteiger partial charge in [-0.05, 0) is 5.21 Å². The number of alkyl halides is 4. The Labute approximate surface area is 94.0 Å². The Kier molecular flexibility index (Phi) is 15.9. The first-order valence-corrected chi connectivity index (χ1v) is 4.04. The van der Waals surface area contributed by atoms with E-state index in [0.29, 0.717) is 22.6 Å². The van der Waals surface area contributed by atoms with Crippen molar-refractivity contribution in [3.63, 3.8) is 0 Å². The van der Waals surface area contributed by atoms with Gasteiger partial charge in [-0.2, -0.15) is 13.2 Å². The number of hydrogen-bond donors (Lipinski definition) is 0. The van der Waals surface area contributed by atoms with E-state index < -0.39 is 15.3 Å². The number of rotatable bonds is 0. The smallest absolute Gasteiger partial charge is 0.148 e. The van der Waals surface area contributed by atoms with Crippen molar-refractivity contribution in [1.82, 2.24) is 0 Å². The van der Waals surface area contributed by atoms with Gasteiger partial charge in [-0.15, -0.1) is 8.78 Å². The molecule has 0 aliphatic rings. The molecule has 0 unspecified atom stereocenters. The van der Waals surface area contributed by atoms with Gasteiger partial charge in [-0.3, -0.25) is 0 Å². The van der Waals surface area contributed by atoms with E-state index in [0.717, 1.165) is 5.21 Å². The molecule has 86 valence electrons. The quantitative estimate of drug-likeness (QED) is 0.192. The third-order valence-corrected chi connectivity index (χ3v) is 0.0639. The first kappa shape index (κ1) is 19.7. The van der Waals surface area contributed by atoms with Crippen LogP contribution < -0.4 is 0 Å². The summed E-state index contributed by atoms with van der Waals surface area (Å²) >= 11 is 1.86. The maximum absolute atomic E-state index is 10.3. The second-order valence-corrected chi connectivity index (χ2v) is 2.85. The third-order valence-electron chi connectivity index (χ3n) is 0.0639.